The van der Waals surface area contributed by atoms with E-state index in [1.807, 2.05) is 0 Å². The predicted octanol–water partition coefficient (Wildman–Crippen LogP) is 2.37. The van der Waals surface area contributed by atoms with Crippen LogP contribution in [0.3, 0.4) is 0 Å². The number of carbonyl (C=O) groups is 1. The Bertz CT molecular complexity index is 408. The second-order valence-corrected chi connectivity index (χ2v) is 5.39. The molecule has 0 aliphatic heterocycles. The molecule has 100 valence electrons. The molecule has 18 heavy (non-hydrogen) atoms. The number of carbonyl (C=O) groups excluding carboxylic acids is 1. The van der Waals surface area contributed by atoms with Crippen LogP contribution in [-0.2, 0) is 4.74 Å². The Morgan fingerprint density at radius 2 is 2.33 bits per heavy atom. The van der Waals surface area contributed by atoms with Crippen molar-refractivity contribution in [3.05, 3.63) is 27.3 Å². The molecule has 4 nitrogen and oxygen atoms in total. The number of amides is 1. The second kappa shape index (κ2) is 7.81. The van der Waals surface area contributed by atoms with Gasteiger partial charge in [0.2, 0.25) is 0 Å². The normalized spacial score (nSPS) is 12.2. The molecule has 0 radical (unpaired) electrons. The fourth-order valence-electron chi connectivity index (χ4n) is 1.48. The maximum atomic E-state index is 12.0. The molecular formula is C12H15ClINO3. The Morgan fingerprint density at radius 1 is 1.61 bits per heavy atom. The fraction of sp³-hybridized carbons (Fsp3) is 0.417. The summed E-state index contributed by atoms with van der Waals surface area (Å²) in [5, 5.41) is 12.4. The number of halogens is 2. The van der Waals surface area contributed by atoms with E-state index in [0.717, 1.165) is 3.57 Å². The Hall–Kier alpha value is -0.530. The summed E-state index contributed by atoms with van der Waals surface area (Å²) >= 11 is 7.75. The Kier molecular flexibility index (Phi) is 6.73. The summed E-state index contributed by atoms with van der Waals surface area (Å²) in [7, 11) is 1.57. The minimum Gasteiger partial charge on any atom is -0.507 e. The zero-order valence-corrected chi connectivity index (χ0v) is 12.9. The van der Waals surface area contributed by atoms with E-state index in [1.165, 1.54) is 6.07 Å². The zero-order chi connectivity index (χ0) is 13.5. The summed E-state index contributed by atoms with van der Waals surface area (Å²) in [6, 6.07) is 4.72. The van der Waals surface area contributed by atoms with E-state index in [0.29, 0.717) is 18.9 Å². The number of alkyl halides is 1. The number of hydrogen-bond donors (Lipinski definition) is 2. The van der Waals surface area contributed by atoms with Crippen LogP contribution in [0.2, 0.25) is 0 Å². The van der Waals surface area contributed by atoms with Crippen LogP contribution in [0.1, 0.15) is 16.8 Å². The predicted molar refractivity (Wildman–Crippen MR) is 79.3 cm³/mol. The van der Waals surface area contributed by atoms with Crippen LogP contribution < -0.4 is 5.32 Å². The van der Waals surface area contributed by atoms with Gasteiger partial charge in [-0.25, -0.2) is 0 Å². The van der Waals surface area contributed by atoms with Gasteiger partial charge in [-0.3, -0.25) is 4.79 Å². The number of methoxy groups -OCH3 is 1. The molecule has 2 N–H and O–H groups in total. The molecule has 0 heterocycles. The average molecular weight is 384 g/mol. The number of ether oxygens (including phenoxy) is 1. The van der Waals surface area contributed by atoms with Crippen LogP contribution in [0, 0.1) is 3.57 Å². The van der Waals surface area contributed by atoms with Crippen molar-refractivity contribution >= 4 is 40.1 Å². The second-order valence-electron chi connectivity index (χ2n) is 3.76. The van der Waals surface area contributed by atoms with Crippen molar-refractivity contribution in [3.8, 4) is 5.75 Å². The van der Waals surface area contributed by atoms with Crippen LogP contribution >= 0.6 is 34.2 Å². The van der Waals surface area contributed by atoms with Gasteiger partial charge in [0.15, 0.2) is 0 Å². The largest absolute Gasteiger partial charge is 0.507 e. The maximum absolute atomic E-state index is 12.0. The lowest BCUT2D eigenvalue weighted by molar-refractivity contribution is 0.0892. The molecule has 6 heteroatoms. The molecular weight excluding hydrogens is 368 g/mol. The van der Waals surface area contributed by atoms with Crippen LogP contribution in [0.5, 0.6) is 5.75 Å². The first-order valence-corrected chi connectivity index (χ1v) is 7.04. The highest BCUT2D eigenvalue weighted by Gasteiger charge is 2.16. The third kappa shape index (κ3) is 4.62. The number of nitrogens with one attached hydrogen (secondary N) is 1. The molecule has 0 aliphatic carbocycles. The summed E-state index contributed by atoms with van der Waals surface area (Å²) < 4.78 is 5.90. The molecule has 0 bridgehead atoms. The third-order valence-corrected chi connectivity index (χ3v) is 3.25. The van der Waals surface area contributed by atoms with E-state index in [1.54, 1.807) is 19.2 Å². The first-order chi connectivity index (χ1) is 8.58. The Labute approximate surface area is 125 Å². The van der Waals surface area contributed by atoms with Gasteiger partial charge in [-0.15, -0.1) is 11.6 Å². The van der Waals surface area contributed by atoms with Crippen molar-refractivity contribution in [2.75, 3.05) is 19.6 Å². The highest BCUT2D eigenvalue weighted by Crippen LogP contribution is 2.19. The van der Waals surface area contributed by atoms with Gasteiger partial charge in [0.25, 0.3) is 5.91 Å². The van der Waals surface area contributed by atoms with Crippen molar-refractivity contribution < 1.29 is 14.6 Å². The van der Waals surface area contributed by atoms with E-state index >= 15 is 0 Å². The number of phenolic OH excluding ortho intramolecular Hbond substituents is 1. The smallest absolute Gasteiger partial charge is 0.255 e. The zero-order valence-electron chi connectivity index (χ0n) is 9.95. The molecule has 0 saturated heterocycles. The lowest BCUT2D eigenvalue weighted by Crippen LogP contribution is -2.38. The minimum absolute atomic E-state index is 0.0324. The van der Waals surface area contributed by atoms with E-state index < -0.39 is 0 Å². The molecule has 1 amide bonds. The summed E-state index contributed by atoms with van der Waals surface area (Å²) in [5.74, 6) is 0.0835. The standard InChI is InChI=1S/C12H15ClINO3/c1-18-7-9(4-5-13)15-12(17)10-6-8(14)2-3-11(10)16/h2-3,6,9,16H,4-5,7H2,1H3,(H,15,17). The monoisotopic (exact) mass is 383 g/mol. The lowest BCUT2D eigenvalue weighted by atomic mass is 10.1. The Balaban J connectivity index is 2.76. The van der Waals surface area contributed by atoms with Crippen molar-refractivity contribution in [1.29, 1.82) is 0 Å². The molecule has 0 saturated carbocycles. The SMILES string of the molecule is COCC(CCCl)NC(=O)c1cc(I)ccc1O. The molecule has 0 aromatic heterocycles. The fourth-order valence-corrected chi connectivity index (χ4v) is 2.24. The van der Waals surface area contributed by atoms with Gasteiger partial charge >= 0.3 is 0 Å². The number of rotatable bonds is 6. The topological polar surface area (TPSA) is 58.6 Å². The summed E-state index contributed by atoms with van der Waals surface area (Å²) in [6.45, 7) is 0.392. The van der Waals surface area contributed by atoms with E-state index in [-0.39, 0.29) is 23.3 Å². The molecule has 0 spiro atoms. The van der Waals surface area contributed by atoms with E-state index in [4.69, 9.17) is 16.3 Å². The number of hydrogen-bond acceptors (Lipinski definition) is 3. The average Bonchev–Trinajstić information content (AvgIpc) is 2.33. The lowest BCUT2D eigenvalue weighted by Gasteiger charge is -2.17. The molecule has 1 aromatic carbocycles. The number of phenols is 1. The van der Waals surface area contributed by atoms with Gasteiger partial charge in [-0.1, -0.05) is 0 Å². The molecule has 0 aliphatic rings. The van der Waals surface area contributed by atoms with Crippen LogP contribution in [0.15, 0.2) is 18.2 Å². The van der Waals surface area contributed by atoms with Crippen molar-refractivity contribution in [3.63, 3.8) is 0 Å². The summed E-state index contributed by atoms with van der Waals surface area (Å²) in [5.41, 5.74) is 0.262. The van der Waals surface area contributed by atoms with Crippen molar-refractivity contribution in [2.45, 2.75) is 12.5 Å². The first-order valence-electron chi connectivity index (χ1n) is 5.42. The van der Waals surface area contributed by atoms with Gasteiger partial charge in [0, 0.05) is 16.6 Å². The van der Waals surface area contributed by atoms with Crippen molar-refractivity contribution in [1.82, 2.24) is 5.32 Å². The number of aromatic hydroxyl groups is 1. The van der Waals surface area contributed by atoms with Gasteiger partial charge in [0.1, 0.15) is 5.75 Å². The van der Waals surface area contributed by atoms with Gasteiger partial charge in [-0.05, 0) is 47.2 Å². The minimum atomic E-state index is -0.321. The quantitative estimate of drug-likeness (QED) is 0.586. The molecule has 1 unspecified atom stereocenters. The Morgan fingerprint density at radius 3 is 2.94 bits per heavy atom. The van der Waals surface area contributed by atoms with Crippen LogP contribution in [0.25, 0.3) is 0 Å². The molecule has 1 rings (SSSR count). The highest BCUT2D eigenvalue weighted by molar-refractivity contribution is 14.1. The molecule has 1 atom stereocenters. The summed E-state index contributed by atoms with van der Waals surface area (Å²) in [6.07, 6.45) is 0.617. The van der Waals surface area contributed by atoms with Crippen molar-refractivity contribution in [2.24, 2.45) is 0 Å². The first kappa shape index (κ1) is 15.5. The van der Waals surface area contributed by atoms with Gasteiger partial charge in [-0.2, -0.15) is 0 Å². The van der Waals surface area contributed by atoms with E-state index in [2.05, 4.69) is 27.9 Å². The van der Waals surface area contributed by atoms with E-state index in [9.17, 15) is 9.90 Å². The van der Waals surface area contributed by atoms with Gasteiger partial charge < -0.3 is 15.2 Å². The van der Waals surface area contributed by atoms with Gasteiger partial charge in [0.05, 0.1) is 18.2 Å². The highest BCUT2D eigenvalue weighted by atomic mass is 127. The number of benzene rings is 1. The molecule has 0 fully saturated rings. The summed E-state index contributed by atoms with van der Waals surface area (Å²) in [4.78, 5) is 12.0. The maximum Gasteiger partial charge on any atom is 0.255 e. The van der Waals surface area contributed by atoms with Crippen LogP contribution in [0.4, 0.5) is 0 Å². The molecule has 1 aromatic rings. The van der Waals surface area contributed by atoms with Crippen LogP contribution in [-0.4, -0.2) is 36.7 Å². The third-order valence-electron chi connectivity index (χ3n) is 2.36.